The molecule has 0 saturated heterocycles. The number of hydrogen-bond donors (Lipinski definition) is 2. The standard InChI is InChI=1S/C17H31NO3/c1-16(2,3)21-15(20)18-10-17(4,11-19)9-14-8-12-5-6-13(14)7-12/h12-14,19H,5-11H2,1-4H3,(H,18,20). The average molecular weight is 297 g/mol. The van der Waals surface area contributed by atoms with Crippen LogP contribution in [0.1, 0.15) is 59.8 Å². The van der Waals surface area contributed by atoms with Crippen LogP contribution in [0.4, 0.5) is 4.79 Å². The van der Waals surface area contributed by atoms with Gasteiger partial charge in [0.2, 0.25) is 0 Å². The van der Waals surface area contributed by atoms with Crippen LogP contribution in [0, 0.1) is 23.2 Å². The summed E-state index contributed by atoms with van der Waals surface area (Å²) < 4.78 is 5.27. The van der Waals surface area contributed by atoms with Crippen LogP contribution in [0.3, 0.4) is 0 Å². The minimum absolute atomic E-state index is 0.108. The molecule has 2 saturated carbocycles. The molecule has 4 heteroatoms. The van der Waals surface area contributed by atoms with E-state index < -0.39 is 11.7 Å². The van der Waals surface area contributed by atoms with Gasteiger partial charge < -0.3 is 15.2 Å². The number of hydrogen-bond acceptors (Lipinski definition) is 3. The molecule has 0 spiro atoms. The minimum atomic E-state index is -0.482. The molecule has 2 rings (SSSR count). The van der Waals surface area contributed by atoms with Crippen LogP contribution in [-0.4, -0.2) is 30.0 Å². The van der Waals surface area contributed by atoms with Gasteiger partial charge in [0.05, 0.1) is 6.61 Å². The van der Waals surface area contributed by atoms with Gasteiger partial charge in [-0.3, -0.25) is 0 Å². The summed E-state index contributed by atoms with van der Waals surface area (Å²) in [5.74, 6) is 2.49. The molecule has 0 heterocycles. The summed E-state index contributed by atoms with van der Waals surface area (Å²) in [5.41, 5.74) is -0.726. The first-order valence-electron chi connectivity index (χ1n) is 8.28. The van der Waals surface area contributed by atoms with Crippen LogP contribution in [0.5, 0.6) is 0 Å². The number of fused-ring (bicyclic) bond motifs is 2. The van der Waals surface area contributed by atoms with E-state index >= 15 is 0 Å². The molecule has 2 fully saturated rings. The number of nitrogens with one attached hydrogen (secondary N) is 1. The molecule has 0 aliphatic heterocycles. The third-order valence-corrected chi connectivity index (χ3v) is 5.08. The molecule has 122 valence electrons. The van der Waals surface area contributed by atoms with Gasteiger partial charge in [0.1, 0.15) is 5.60 Å². The van der Waals surface area contributed by atoms with Gasteiger partial charge in [-0.25, -0.2) is 4.79 Å². The van der Waals surface area contributed by atoms with Crippen molar-refractivity contribution in [1.82, 2.24) is 5.32 Å². The van der Waals surface area contributed by atoms with E-state index in [9.17, 15) is 9.90 Å². The molecule has 2 aliphatic carbocycles. The van der Waals surface area contributed by atoms with E-state index in [1.54, 1.807) is 0 Å². The van der Waals surface area contributed by atoms with Gasteiger partial charge in [-0.05, 0) is 64.2 Å². The van der Waals surface area contributed by atoms with Crippen molar-refractivity contribution >= 4 is 6.09 Å². The molecule has 4 atom stereocenters. The smallest absolute Gasteiger partial charge is 0.407 e. The Labute approximate surface area is 128 Å². The van der Waals surface area contributed by atoms with Crippen molar-refractivity contribution in [2.45, 2.75) is 65.4 Å². The summed E-state index contributed by atoms with van der Waals surface area (Å²) in [6.07, 6.45) is 6.05. The van der Waals surface area contributed by atoms with Crippen molar-refractivity contribution in [3.05, 3.63) is 0 Å². The maximum Gasteiger partial charge on any atom is 0.407 e. The molecule has 2 bridgehead atoms. The van der Waals surface area contributed by atoms with E-state index in [1.165, 1.54) is 25.7 Å². The molecule has 4 unspecified atom stereocenters. The summed E-state index contributed by atoms with van der Waals surface area (Å²) >= 11 is 0. The van der Waals surface area contributed by atoms with E-state index in [2.05, 4.69) is 12.2 Å². The molecule has 2 N–H and O–H groups in total. The van der Waals surface area contributed by atoms with Crippen LogP contribution in [0.25, 0.3) is 0 Å². The number of aliphatic hydroxyl groups is 1. The fraction of sp³-hybridized carbons (Fsp3) is 0.941. The largest absolute Gasteiger partial charge is 0.444 e. The number of rotatable bonds is 5. The minimum Gasteiger partial charge on any atom is -0.444 e. The maximum absolute atomic E-state index is 11.8. The SMILES string of the molecule is CC(CO)(CNC(=O)OC(C)(C)C)CC1CC2CCC1C2. The van der Waals surface area contributed by atoms with Crippen LogP contribution in [0.15, 0.2) is 0 Å². The molecule has 0 aromatic heterocycles. The van der Waals surface area contributed by atoms with Crippen LogP contribution < -0.4 is 5.32 Å². The topological polar surface area (TPSA) is 58.6 Å². The lowest BCUT2D eigenvalue weighted by molar-refractivity contribution is 0.0444. The van der Waals surface area contributed by atoms with Gasteiger partial charge >= 0.3 is 6.09 Å². The van der Waals surface area contributed by atoms with Crippen LogP contribution in [0.2, 0.25) is 0 Å². The number of aliphatic hydroxyl groups excluding tert-OH is 1. The van der Waals surface area contributed by atoms with Gasteiger partial charge in [-0.1, -0.05) is 13.3 Å². The Balaban J connectivity index is 1.82. The lowest BCUT2D eigenvalue weighted by Gasteiger charge is -2.34. The number of carbonyl (C=O) groups excluding carboxylic acids is 1. The lowest BCUT2D eigenvalue weighted by atomic mass is 9.75. The van der Waals surface area contributed by atoms with Gasteiger partial charge in [0, 0.05) is 12.0 Å². The predicted molar refractivity (Wildman–Crippen MR) is 83.0 cm³/mol. The third-order valence-electron chi connectivity index (χ3n) is 5.08. The first kappa shape index (κ1) is 16.6. The molecule has 4 nitrogen and oxygen atoms in total. The second kappa shape index (κ2) is 6.15. The van der Waals surface area contributed by atoms with Crippen LogP contribution in [-0.2, 0) is 4.74 Å². The van der Waals surface area contributed by atoms with Gasteiger partial charge in [0.15, 0.2) is 0 Å². The van der Waals surface area contributed by atoms with Gasteiger partial charge in [0.25, 0.3) is 0 Å². The highest BCUT2D eigenvalue weighted by molar-refractivity contribution is 5.67. The van der Waals surface area contributed by atoms with Crippen molar-refractivity contribution in [2.24, 2.45) is 23.2 Å². The van der Waals surface area contributed by atoms with Crippen LogP contribution >= 0.6 is 0 Å². The van der Waals surface area contributed by atoms with E-state index in [4.69, 9.17) is 4.74 Å². The van der Waals surface area contributed by atoms with E-state index in [-0.39, 0.29) is 12.0 Å². The molecule has 0 aromatic rings. The van der Waals surface area contributed by atoms with Gasteiger partial charge in [-0.15, -0.1) is 0 Å². The fourth-order valence-electron chi connectivity index (χ4n) is 4.05. The second-order valence-corrected chi connectivity index (χ2v) is 8.46. The van der Waals surface area contributed by atoms with Crippen molar-refractivity contribution in [1.29, 1.82) is 0 Å². The first-order chi connectivity index (χ1) is 9.71. The summed E-state index contributed by atoms with van der Waals surface area (Å²) in [5, 5.41) is 12.6. The van der Waals surface area contributed by atoms with E-state index in [0.29, 0.717) is 6.54 Å². The predicted octanol–water partition coefficient (Wildman–Crippen LogP) is 3.34. The Kier molecular flexibility index (Phi) is 4.86. The average Bonchev–Trinajstić information content (AvgIpc) is 2.96. The summed E-state index contributed by atoms with van der Waals surface area (Å²) in [6, 6.07) is 0. The summed E-state index contributed by atoms with van der Waals surface area (Å²) in [6.45, 7) is 8.21. The number of carbonyl (C=O) groups is 1. The summed E-state index contributed by atoms with van der Waals surface area (Å²) in [4.78, 5) is 11.8. The maximum atomic E-state index is 11.8. The van der Waals surface area contributed by atoms with Gasteiger partial charge in [-0.2, -0.15) is 0 Å². The Morgan fingerprint density at radius 2 is 1.95 bits per heavy atom. The first-order valence-corrected chi connectivity index (χ1v) is 8.28. The van der Waals surface area contributed by atoms with Crippen molar-refractivity contribution in [2.75, 3.05) is 13.2 Å². The Bertz CT molecular complexity index is 377. The zero-order chi connectivity index (χ0) is 15.7. The molecule has 21 heavy (non-hydrogen) atoms. The molecular formula is C17H31NO3. The Hall–Kier alpha value is -0.770. The Morgan fingerprint density at radius 3 is 2.43 bits per heavy atom. The highest BCUT2D eigenvalue weighted by Crippen LogP contribution is 2.51. The normalized spacial score (nSPS) is 31.0. The van der Waals surface area contributed by atoms with Crippen molar-refractivity contribution in [3.8, 4) is 0 Å². The zero-order valence-corrected chi connectivity index (χ0v) is 13.9. The quantitative estimate of drug-likeness (QED) is 0.818. The second-order valence-electron chi connectivity index (χ2n) is 8.46. The highest BCUT2D eigenvalue weighted by atomic mass is 16.6. The molecule has 0 radical (unpaired) electrons. The molecular weight excluding hydrogens is 266 g/mol. The molecule has 1 amide bonds. The Morgan fingerprint density at radius 1 is 1.24 bits per heavy atom. The monoisotopic (exact) mass is 297 g/mol. The highest BCUT2D eigenvalue weighted by Gasteiger charge is 2.42. The molecule has 2 aliphatic rings. The fourth-order valence-corrected chi connectivity index (χ4v) is 4.05. The lowest BCUT2D eigenvalue weighted by Crippen LogP contribution is -2.42. The number of alkyl carbamates (subject to hydrolysis) is 1. The van der Waals surface area contributed by atoms with E-state index in [0.717, 1.165) is 24.2 Å². The zero-order valence-electron chi connectivity index (χ0n) is 13.9. The van der Waals surface area contributed by atoms with Crippen molar-refractivity contribution in [3.63, 3.8) is 0 Å². The number of amides is 1. The van der Waals surface area contributed by atoms with Crippen molar-refractivity contribution < 1.29 is 14.6 Å². The third kappa shape index (κ3) is 4.60. The summed E-state index contributed by atoms with van der Waals surface area (Å²) in [7, 11) is 0. The van der Waals surface area contributed by atoms with E-state index in [1.807, 2.05) is 20.8 Å². The number of ether oxygens (including phenoxy) is 1. The molecule has 0 aromatic carbocycles.